The van der Waals surface area contributed by atoms with Gasteiger partial charge < -0.3 is 9.72 Å². The van der Waals surface area contributed by atoms with Gasteiger partial charge in [0.25, 0.3) is 5.69 Å². The molecule has 0 bridgehead atoms. The topological polar surface area (TPSA) is 102 Å². The summed E-state index contributed by atoms with van der Waals surface area (Å²) >= 11 is 0. The molecule has 0 fully saturated rings. The zero-order valence-corrected chi connectivity index (χ0v) is 16.3. The van der Waals surface area contributed by atoms with Gasteiger partial charge in [-0.2, -0.15) is 0 Å². The SMILES string of the molecule is COC(=O)c1c(C)[nH]c(C)c1C(=O)c1ccccc1Cc1ccc([N+](=O)[O-])cc1. The molecule has 0 saturated carbocycles. The van der Waals surface area contributed by atoms with Crippen molar-refractivity contribution in [2.45, 2.75) is 20.3 Å². The molecule has 1 N–H and O–H groups in total. The Labute approximate surface area is 167 Å². The number of ketones is 1. The van der Waals surface area contributed by atoms with Crippen molar-refractivity contribution in [2.24, 2.45) is 0 Å². The molecule has 0 saturated heterocycles. The second kappa shape index (κ2) is 8.10. The molecule has 0 aliphatic rings. The fourth-order valence-corrected chi connectivity index (χ4v) is 3.41. The summed E-state index contributed by atoms with van der Waals surface area (Å²) in [4.78, 5) is 39.0. The van der Waals surface area contributed by atoms with E-state index in [1.807, 2.05) is 12.1 Å². The van der Waals surface area contributed by atoms with Gasteiger partial charge in [-0.25, -0.2) is 4.79 Å². The third-order valence-electron chi connectivity index (χ3n) is 4.80. The Kier molecular flexibility index (Phi) is 5.59. The number of methoxy groups -OCH3 is 1. The molecule has 0 radical (unpaired) electrons. The number of aryl methyl sites for hydroxylation is 2. The zero-order valence-electron chi connectivity index (χ0n) is 16.3. The minimum Gasteiger partial charge on any atom is -0.465 e. The molecule has 29 heavy (non-hydrogen) atoms. The predicted molar refractivity (Wildman–Crippen MR) is 107 cm³/mol. The number of ether oxygens (including phenoxy) is 1. The number of nitro benzene ring substituents is 1. The molecule has 7 heteroatoms. The lowest BCUT2D eigenvalue weighted by Gasteiger charge is -2.10. The normalized spacial score (nSPS) is 10.6. The van der Waals surface area contributed by atoms with Crippen LogP contribution in [0.15, 0.2) is 48.5 Å². The Morgan fingerprint density at radius 3 is 2.24 bits per heavy atom. The molecule has 1 aromatic heterocycles. The van der Waals surface area contributed by atoms with Crippen molar-refractivity contribution in [3.63, 3.8) is 0 Å². The first kappa shape index (κ1) is 20.0. The Bertz CT molecular complexity index is 1100. The number of nitrogens with one attached hydrogen (secondary N) is 1. The number of benzene rings is 2. The average molecular weight is 392 g/mol. The number of hydrogen-bond donors (Lipinski definition) is 1. The standard InChI is InChI=1S/C22H20N2O5/c1-13-19(20(14(2)23-13)22(26)29-3)21(25)18-7-5-4-6-16(18)12-15-8-10-17(11-9-15)24(27)28/h4-11,23H,12H2,1-3H3. The molecule has 0 atom stereocenters. The molecule has 0 unspecified atom stereocenters. The van der Waals surface area contributed by atoms with Crippen LogP contribution >= 0.6 is 0 Å². The van der Waals surface area contributed by atoms with Crippen molar-refractivity contribution in [1.29, 1.82) is 0 Å². The first-order valence-electron chi connectivity index (χ1n) is 8.97. The monoisotopic (exact) mass is 392 g/mol. The van der Waals surface area contributed by atoms with E-state index in [2.05, 4.69) is 4.98 Å². The lowest BCUT2D eigenvalue weighted by atomic mass is 9.92. The van der Waals surface area contributed by atoms with Crippen LogP contribution in [0.2, 0.25) is 0 Å². The number of aromatic amines is 1. The van der Waals surface area contributed by atoms with Crippen molar-refractivity contribution < 1.29 is 19.2 Å². The first-order valence-corrected chi connectivity index (χ1v) is 8.97. The maximum absolute atomic E-state index is 13.4. The van der Waals surface area contributed by atoms with E-state index in [4.69, 9.17) is 4.74 Å². The number of non-ortho nitro benzene ring substituents is 1. The number of aromatic nitrogens is 1. The summed E-state index contributed by atoms with van der Waals surface area (Å²) in [6, 6.07) is 13.4. The van der Waals surface area contributed by atoms with Crippen LogP contribution < -0.4 is 0 Å². The Balaban J connectivity index is 2.00. The molecule has 2 aromatic carbocycles. The summed E-state index contributed by atoms with van der Waals surface area (Å²) < 4.78 is 4.85. The van der Waals surface area contributed by atoms with Crippen LogP contribution in [0.5, 0.6) is 0 Å². The van der Waals surface area contributed by atoms with E-state index >= 15 is 0 Å². The summed E-state index contributed by atoms with van der Waals surface area (Å²) in [6.07, 6.45) is 0.427. The average Bonchev–Trinajstić information content (AvgIpc) is 3.01. The van der Waals surface area contributed by atoms with Crippen molar-refractivity contribution in [3.05, 3.63) is 97.9 Å². The molecule has 0 spiro atoms. The van der Waals surface area contributed by atoms with Crippen molar-refractivity contribution in [3.8, 4) is 0 Å². The summed E-state index contributed by atoms with van der Waals surface area (Å²) in [5, 5.41) is 10.8. The van der Waals surface area contributed by atoms with E-state index in [1.165, 1.54) is 19.2 Å². The third-order valence-corrected chi connectivity index (χ3v) is 4.80. The van der Waals surface area contributed by atoms with Gasteiger partial charge in [0.1, 0.15) is 0 Å². The molecule has 0 aliphatic carbocycles. The first-order chi connectivity index (χ1) is 13.8. The number of nitro groups is 1. The Morgan fingerprint density at radius 2 is 1.62 bits per heavy atom. The minimum absolute atomic E-state index is 0.0132. The van der Waals surface area contributed by atoms with E-state index < -0.39 is 10.9 Å². The van der Waals surface area contributed by atoms with Crippen molar-refractivity contribution in [2.75, 3.05) is 7.11 Å². The molecule has 7 nitrogen and oxygen atoms in total. The maximum Gasteiger partial charge on any atom is 0.340 e. The van der Waals surface area contributed by atoms with Gasteiger partial charge >= 0.3 is 5.97 Å². The number of esters is 1. The van der Waals surface area contributed by atoms with Gasteiger partial charge in [0.05, 0.1) is 23.2 Å². The summed E-state index contributed by atoms with van der Waals surface area (Å²) in [6.45, 7) is 3.46. The van der Waals surface area contributed by atoms with Crippen LogP contribution in [0.1, 0.15) is 48.8 Å². The van der Waals surface area contributed by atoms with E-state index in [0.717, 1.165) is 11.1 Å². The van der Waals surface area contributed by atoms with Gasteiger partial charge in [-0.1, -0.05) is 36.4 Å². The molecule has 148 valence electrons. The third kappa shape index (κ3) is 3.94. The number of carbonyl (C=O) groups excluding carboxylic acids is 2. The molecule has 3 rings (SSSR count). The Hall–Kier alpha value is -3.74. The Morgan fingerprint density at radius 1 is 1.00 bits per heavy atom. The van der Waals surface area contributed by atoms with Crippen LogP contribution in [0.25, 0.3) is 0 Å². The highest BCUT2D eigenvalue weighted by molar-refractivity contribution is 6.16. The van der Waals surface area contributed by atoms with E-state index in [9.17, 15) is 19.7 Å². The molecule has 1 heterocycles. The number of nitrogens with zero attached hydrogens (tertiary/aromatic N) is 1. The lowest BCUT2D eigenvalue weighted by Crippen LogP contribution is -2.13. The fraction of sp³-hybridized carbons (Fsp3) is 0.182. The van der Waals surface area contributed by atoms with Gasteiger partial charge in [-0.3, -0.25) is 14.9 Å². The number of H-pyrrole nitrogens is 1. The van der Waals surface area contributed by atoms with Crippen LogP contribution in [0.3, 0.4) is 0 Å². The van der Waals surface area contributed by atoms with Gasteiger partial charge in [-0.15, -0.1) is 0 Å². The number of rotatable bonds is 6. The second-order valence-electron chi connectivity index (χ2n) is 6.70. The highest BCUT2D eigenvalue weighted by Gasteiger charge is 2.27. The number of carbonyl (C=O) groups is 2. The summed E-state index contributed by atoms with van der Waals surface area (Å²) in [5.41, 5.74) is 3.79. The number of hydrogen-bond acceptors (Lipinski definition) is 5. The fourth-order valence-electron chi connectivity index (χ4n) is 3.41. The van der Waals surface area contributed by atoms with E-state index in [1.54, 1.807) is 38.1 Å². The molecule has 3 aromatic rings. The van der Waals surface area contributed by atoms with Gasteiger partial charge in [0.2, 0.25) is 0 Å². The summed E-state index contributed by atoms with van der Waals surface area (Å²) in [7, 11) is 1.28. The van der Waals surface area contributed by atoms with Crippen LogP contribution in [-0.2, 0) is 11.2 Å². The van der Waals surface area contributed by atoms with E-state index in [-0.39, 0.29) is 17.0 Å². The maximum atomic E-state index is 13.4. The van der Waals surface area contributed by atoms with Crippen LogP contribution in [0.4, 0.5) is 5.69 Å². The zero-order chi connectivity index (χ0) is 21.1. The van der Waals surface area contributed by atoms with Gasteiger partial charge in [-0.05, 0) is 31.4 Å². The quantitative estimate of drug-likeness (QED) is 0.294. The molecular formula is C22H20N2O5. The van der Waals surface area contributed by atoms with Crippen LogP contribution in [-0.4, -0.2) is 28.8 Å². The largest absolute Gasteiger partial charge is 0.465 e. The predicted octanol–water partition coefficient (Wildman–Crippen LogP) is 4.15. The lowest BCUT2D eigenvalue weighted by molar-refractivity contribution is -0.384. The van der Waals surface area contributed by atoms with Crippen LogP contribution in [0, 0.1) is 24.0 Å². The van der Waals surface area contributed by atoms with Gasteiger partial charge in [0.15, 0.2) is 5.78 Å². The van der Waals surface area contributed by atoms with Crippen molar-refractivity contribution in [1.82, 2.24) is 4.98 Å². The molecule has 0 amide bonds. The smallest absolute Gasteiger partial charge is 0.340 e. The highest BCUT2D eigenvalue weighted by Crippen LogP contribution is 2.25. The molecule has 0 aliphatic heterocycles. The van der Waals surface area contributed by atoms with Gasteiger partial charge in [0, 0.05) is 29.1 Å². The second-order valence-corrected chi connectivity index (χ2v) is 6.70. The molecular weight excluding hydrogens is 372 g/mol. The summed E-state index contributed by atoms with van der Waals surface area (Å²) in [5.74, 6) is -0.840. The van der Waals surface area contributed by atoms with Crippen molar-refractivity contribution >= 4 is 17.4 Å². The minimum atomic E-state index is -0.567. The van der Waals surface area contributed by atoms with E-state index in [0.29, 0.717) is 28.9 Å². The highest BCUT2D eigenvalue weighted by atomic mass is 16.6.